The van der Waals surface area contributed by atoms with Gasteiger partial charge in [-0.25, -0.2) is 0 Å². The fourth-order valence-electron chi connectivity index (χ4n) is 1.56. The van der Waals surface area contributed by atoms with Gasteiger partial charge in [-0.3, -0.25) is 9.59 Å². The molecule has 0 unspecified atom stereocenters. The normalized spacial score (nSPS) is 14.0. The molecular weight excluding hydrogens is 378 g/mol. The van der Waals surface area contributed by atoms with Crippen molar-refractivity contribution in [3.8, 4) is 5.75 Å². The van der Waals surface area contributed by atoms with Crippen LogP contribution < -0.4 is 10.1 Å². The summed E-state index contributed by atoms with van der Waals surface area (Å²) in [5.41, 5.74) is 0.553. The molecule has 0 heterocycles. The van der Waals surface area contributed by atoms with Crippen LogP contribution in [-0.2, 0) is 4.79 Å². The van der Waals surface area contributed by atoms with Crippen LogP contribution in [0.15, 0.2) is 21.1 Å². The van der Waals surface area contributed by atoms with E-state index in [9.17, 15) is 9.59 Å². The summed E-state index contributed by atoms with van der Waals surface area (Å²) in [6.07, 6.45) is 3.25. The minimum atomic E-state index is 0.0132. The smallest absolute Gasteiger partial charge is 0.223 e. The van der Waals surface area contributed by atoms with Crippen LogP contribution in [0.25, 0.3) is 0 Å². The number of carbonyl (C=O) groups is 2. The summed E-state index contributed by atoms with van der Waals surface area (Å²) in [4.78, 5) is 22.2. The standard InChI is InChI=1S/C13H13Br2NO3/c14-10-5-8(7-17)6-11(15)13(10)19-4-3-12(18)16-9-1-2-9/h5-7,9H,1-4H2,(H,16,18). The van der Waals surface area contributed by atoms with Gasteiger partial charge in [0, 0.05) is 11.6 Å². The lowest BCUT2D eigenvalue weighted by Crippen LogP contribution is -2.26. The number of hydrogen-bond donors (Lipinski definition) is 1. The minimum Gasteiger partial charge on any atom is -0.491 e. The maximum absolute atomic E-state index is 11.5. The number of carbonyl (C=O) groups excluding carboxylic acids is 2. The second-order valence-electron chi connectivity index (χ2n) is 4.37. The molecule has 0 atom stereocenters. The van der Waals surface area contributed by atoms with Gasteiger partial charge in [-0.05, 0) is 56.8 Å². The van der Waals surface area contributed by atoms with E-state index in [2.05, 4.69) is 37.2 Å². The van der Waals surface area contributed by atoms with Crippen LogP contribution in [0.3, 0.4) is 0 Å². The van der Waals surface area contributed by atoms with Crippen molar-refractivity contribution in [2.24, 2.45) is 0 Å². The van der Waals surface area contributed by atoms with Gasteiger partial charge in [-0.15, -0.1) is 0 Å². The van der Waals surface area contributed by atoms with Gasteiger partial charge in [0.05, 0.1) is 22.0 Å². The van der Waals surface area contributed by atoms with Gasteiger partial charge >= 0.3 is 0 Å². The van der Waals surface area contributed by atoms with Crippen molar-refractivity contribution in [2.75, 3.05) is 6.61 Å². The summed E-state index contributed by atoms with van der Waals surface area (Å²) >= 11 is 6.68. The van der Waals surface area contributed by atoms with Crippen LogP contribution in [0.2, 0.25) is 0 Å². The highest BCUT2D eigenvalue weighted by Gasteiger charge is 2.23. The van der Waals surface area contributed by atoms with Crippen molar-refractivity contribution >= 4 is 44.1 Å². The number of aldehydes is 1. The Morgan fingerprint density at radius 1 is 1.37 bits per heavy atom. The highest BCUT2D eigenvalue weighted by atomic mass is 79.9. The third kappa shape index (κ3) is 4.31. The first-order chi connectivity index (χ1) is 9.10. The molecule has 1 amide bonds. The Hall–Kier alpha value is -0.880. The number of rotatable bonds is 6. The largest absolute Gasteiger partial charge is 0.491 e. The number of nitrogens with one attached hydrogen (secondary N) is 1. The van der Waals surface area contributed by atoms with Crippen molar-refractivity contribution in [3.05, 3.63) is 26.6 Å². The Morgan fingerprint density at radius 3 is 2.53 bits per heavy atom. The van der Waals surface area contributed by atoms with Gasteiger partial charge in [0.2, 0.25) is 5.91 Å². The molecule has 19 heavy (non-hydrogen) atoms. The van der Waals surface area contributed by atoms with E-state index in [1.54, 1.807) is 12.1 Å². The van der Waals surface area contributed by atoms with Crippen molar-refractivity contribution in [1.29, 1.82) is 0 Å². The van der Waals surface area contributed by atoms with Crippen LogP contribution in [-0.4, -0.2) is 24.8 Å². The third-order valence-corrected chi connectivity index (χ3v) is 3.85. The Labute approximate surface area is 128 Å². The molecule has 1 saturated carbocycles. The molecule has 1 N–H and O–H groups in total. The maximum atomic E-state index is 11.5. The van der Waals surface area contributed by atoms with Gasteiger partial charge in [-0.2, -0.15) is 0 Å². The molecule has 0 aliphatic heterocycles. The van der Waals surface area contributed by atoms with Gasteiger partial charge in [-0.1, -0.05) is 0 Å². The van der Waals surface area contributed by atoms with E-state index >= 15 is 0 Å². The molecule has 1 fully saturated rings. The average Bonchev–Trinajstić information content (AvgIpc) is 3.16. The van der Waals surface area contributed by atoms with Crippen LogP contribution >= 0.6 is 31.9 Å². The van der Waals surface area contributed by atoms with Crippen molar-refractivity contribution < 1.29 is 14.3 Å². The molecule has 1 aliphatic carbocycles. The van der Waals surface area contributed by atoms with Crippen molar-refractivity contribution in [1.82, 2.24) is 5.32 Å². The number of hydrogen-bond acceptors (Lipinski definition) is 3. The first kappa shape index (κ1) is 14.5. The van der Waals surface area contributed by atoms with Crippen LogP contribution in [0.1, 0.15) is 29.6 Å². The minimum absolute atomic E-state index is 0.0132. The molecule has 0 saturated heterocycles. The number of benzene rings is 1. The molecule has 4 nitrogen and oxygen atoms in total. The first-order valence-electron chi connectivity index (χ1n) is 5.96. The number of ether oxygens (including phenoxy) is 1. The third-order valence-electron chi connectivity index (χ3n) is 2.67. The topological polar surface area (TPSA) is 55.4 Å². The van der Waals surface area contributed by atoms with Gasteiger partial charge in [0.25, 0.3) is 0 Å². The Morgan fingerprint density at radius 2 is 2.00 bits per heavy atom. The van der Waals surface area contributed by atoms with Crippen LogP contribution in [0, 0.1) is 0 Å². The summed E-state index contributed by atoms with van der Waals surface area (Å²) in [5.74, 6) is 0.615. The fraction of sp³-hybridized carbons (Fsp3) is 0.385. The molecule has 1 aromatic rings. The lowest BCUT2D eigenvalue weighted by Gasteiger charge is -2.11. The zero-order valence-electron chi connectivity index (χ0n) is 10.1. The fourth-order valence-corrected chi connectivity index (χ4v) is 3.01. The van der Waals surface area contributed by atoms with E-state index in [1.807, 2.05) is 0 Å². The highest BCUT2D eigenvalue weighted by Crippen LogP contribution is 2.34. The lowest BCUT2D eigenvalue weighted by molar-refractivity contribution is -0.121. The molecule has 1 aromatic carbocycles. The van der Waals surface area contributed by atoms with Gasteiger partial charge < -0.3 is 10.1 Å². The van der Waals surface area contributed by atoms with E-state index < -0.39 is 0 Å². The quantitative estimate of drug-likeness (QED) is 0.759. The zero-order valence-corrected chi connectivity index (χ0v) is 13.3. The summed E-state index contributed by atoms with van der Waals surface area (Å²) in [6, 6.07) is 3.73. The Balaban J connectivity index is 1.88. The molecule has 2 rings (SSSR count). The first-order valence-corrected chi connectivity index (χ1v) is 7.55. The summed E-state index contributed by atoms with van der Waals surface area (Å²) in [7, 11) is 0. The van der Waals surface area contributed by atoms with Gasteiger partial charge in [0.15, 0.2) is 0 Å². The molecule has 0 aromatic heterocycles. The molecule has 1 aliphatic rings. The molecule has 0 bridgehead atoms. The Bertz CT molecular complexity index is 478. The summed E-state index contributed by atoms with van der Waals surface area (Å²) in [6.45, 7) is 0.302. The predicted molar refractivity (Wildman–Crippen MR) is 78.5 cm³/mol. The number of halogens is 2. The van der Waals surface area contributed by atoms with Crippen LogP contribution in [0.5, 0.6) is 5.75 Å². The summed E-state index contributed by atoms with van der Waals surface area (Å²) < 4.78 is 6.94. The van der Waals surface area contributed by atoms with Crippen LogP contribution in [0.4, 0.5) is 0 Å². The van der Waals surface area contributed by atoms with Gasteiger partial charge in [0.1, 0.15) is 12.0 Å². The van der Waals surface area contributed by atoms with E-state index in [1.165, 1.54) is 0 Å². The monoisotopic (exact) mass is 389 g/mol. The molecule has 6 heteroatoms. The summed E-state index contributed by atoms with van der Waals surface area (Å²) in [5, 5.41) is 2.90. The Kier molecular flexibility index (Phi) is 4.99. The highest BCUT2D eigenvalue weighted by molar-refractivity contribution is 9.11. The molecule has 0 radical (unpaired) electrons. The van der Waals surface area contributed by atoms with E-state index in [4.69, 9.17) is 4.74 Å². The van der Waals surface area contributed by atoms with E-state index in [0.717, 1.165) is 19.1 Å². The average molecular weight is 391 g/mol. The van der Waals surface area contributed by atoms with E-state index in [-0.39, 0.29) is 5.91 Å². The molecule has 0 spiro atoms. The van der Waals surface area contributed by atoms with Crippen molar-refractivity contribution in [3.63, 3.8) is 0 Å². The number of amides is 1. The predicted octanol–water partition coefficient (Wildman–Crippen LogP) is 3.07. The molecule has 102 valence electrons. The second kappa shape index (κ2) is 6.52. The molecular formula is C13H13Br2NO3. The van der Waals surface area contributed by atoms with Crippen molar-refractivity contribution in [2.45, 2.75) is 25.3 Å². The SMILES string of the molecule is O=Cc1cc(Br)c(OCCC(=O)NC2CC2)c(Br)c1. The second-order valence-corrected chi connectivity index (χ2v) is 6.08. The van der Waals surface area contributed by atoms with E-state index in [0.29, 0.717) is 39.3 Å². The maximum Gasteiger partial charge on any atom is 0.223 e. The zero-order chi connectivity index (χ0) is 13.8. The lowest BCUT2D eigenvalue weighted by atomic mass is 10.2.